The number of anilines is 2. The van der Waals surface area contributed by atoms with Crippen molar-refractivity contribution >= 4 is 17.7 Å². The van der Waals surface area contributed by atoms with Gasteiger partial charge < -0.3 is 19.5 Å². The number of carbonyl (C=O) groups is 1. The molecule has 0 saturated carbocycles. The van der Waals surface area contributed by atoms with Crippen LogP contribution in [0.3, 0.4) is 0 Å². The molecule has 0 amide bonds. The molecule has 0 radical (unpaired) electrons. The van der Waals surface area contributed by atoms with Gasteiger partial charge >= 0.3 is 5.97 Å². The molecule has 2 aliphatic rings. The molecule has 1 aromatic heterocycles. The third-order valence-electron chi connectivity index (χ3n) is 4.74. The number of rotatable bonds is 6. The molecule has 7 nitrogen and oxygen atoms in total. The number of hydrogen-bond donors (Lipinski definition) is 1. The smallest absolute Gasteiger partial charge is 0.302 e. The average molecular weight is 335 g/mol. The number of fused-ring (bicyclic) bond motifs is 3. The molecule has 0 unspecified atom stereocenters. The van der Waals surface area contributed by atoms with Crippen LogP contribution in [0.15, 0.2) is 0 Å². The van der Waals surface area contributed by atoms with E-state index in [4.69, 9.17) is 9.72 Å². The van der Waals surface area contributed by atoms with Gasteiger partial charge in [-0.2, -0.15) is 4.98 Å². The molecule has 0 fully saturated rings. The van der Waals surface area contributed by atoms with Crippen LogP contribution in [-0.4, -0.2) is 53.3 Å². The lowest BCUT2D eigenvalue weighted by molar-refractivity contribution is -0.145. The van der Waals surface area contributed by atoms with Crippen LogP contribution in [0.1, 0.15) is 45.2 Å². The van der Waals surface area contributed by atoms with Crippen LogP contribution in [0.25, 0.3) is 0 Å². The Bertz CT molecular complexity index is 586. The summed E-state index contributed by atoms with van der Waals surface area (Å²) < 4.78 is 7.52. The lowest BCUT2D eigenvalue weighted by atomic mass is 10.1. The first-order valence-corrected chi connectivity index (χ1v) is 8.98. The normalized spacial score (nSPS) is 18.5. The summed E-state index contributed by atoms with van der Waals surface area (Å²) in [5.74, 6) is 1.96. The van der Waals surface area contributed by atoms with Gasteiger partial charge in [-0.1, -0.05) is 0 Å². The molecule has 1 atom stereocenters. The number of unbranched alkanes of at least 4 members (excludes halogenated alkanes) is 1. The van der Waals surface area contributed by atoms with Gasteiger partial charge in [0.15, 0.2) is 5.82 Å². The number of hydrogen-bond acceptors (Lipinski definition) is 6. The molecule has 0 saturated heterocycles. The highest BCUT2D eigenvalue weighted by Gasteiger charge is 2.28. The molecule has 0 bridgehead atoms. The monoisotopic (exact) mass is 335 g/mol. The summed E-state index contributed by atoms with van der Waals surface area (Å²) in [4.78, 5) is 20.4. The Hall–Kier alpha value is -1.76. The maximum Gasteiger partial charge on any atom is 0.302 e. The van der Waals surface area contributed by atoms with E-state index in [1.807, 2.05) is 6.92 Å². The maximum atomic E-state index is 10.9. The Labute approximate surface area is 144 Å². The summed E-state index contributed by atoms with van der Waals surface area (Å²) in [6.45, 7) is 8.46. The first kappa shape index (κ1) is 17.1. The number of aromatic nitrogens is 2. The lowest BCUT2D eigenvalue weighted by Crippen LogP contribution is -2.41. The SMILES string of the molecule is CC(=O)O[C@H](C)CCCCN1Cc2c(nc3n2CCCN3)N(C)C1. The van der Waals surface area contributed by atoms with Gasteiger partial charge in [0.1, 0.15) is 0 Å². The predicted molar refractivity (Wildman–Crippen MR) is 94.1 cm³/mol. The van der Waals surface area contributed by atoms with Crippen molar-refractivity contribution in [3.05, 3.63) is 5.69 Å². The minimum absolute atomic E-state index is 0.0195. The van der Waals surface area contributed by atoms with E-state index in [0.717, 1.165) is 70.3 Å². The number of ether oxygens (including phenoxy) is 1. The predicted octanol–water partition coefficient (Wildman–Crippen LogP) is 2.03. The minimum Gasteiger partial charge on any atom is -0.463 e. The fourth-order valence-corrected chi connectivity index (χ4v) is 3.64. The molecule has 0 aromatic carbocycles. The van der Waals surface area contributed by atoms with Gasteiger partial charge in [0.25, 0.3) is 0 Å². The molecule has 0 spiro atoms. The number of esters is 1. The van der Waals surface area contributed by atoms with Gasteiger partial charge in [-0.25, -0.2) is 0 Å². The second-order valence-electron chi connectivity index (χ2n) is 6.95. The van der Waals surface area contributed by atoms with Gasteiger partial charge in [-0.3, -0.25) is 9.69 Å². The number of imidazole rings is 1. The average Bonchev–Trinajstić information content (AvgIpc) is 2.90. The highest BCUT2D eigenvalue weighted by molar-refractivity contribution is 5.66. The third kappa shape index (κ3) is 3.83. The second kappa shape index (κ2) is 7.42. The molecular formula is C17H29N5O2. The van der Waals surface area contributed by atoms with Crippen LogP contribution >= 0.6 is 0 Å². The largest absolute Gasteiger partial charge is 0.463 e. The van der Waals surface area contributed by atoms with Gasteiger partial charge in [0, 0.05) is 40.2 Å². The van der Waals surface area contributed by atoms with Crippen molar-refractivity contribution in [1.82, 2.24) is 14.5 Å². The maximum absolute atomic E-state index is 10.9. The first-order chi connectivity index (χ1) is 11.5. The Morgan fingerprint density at radius 2 is 2.25 bits per heavy atom. The zero-order valence-corrected chi connectivity index (χ0v) is 15.0. The van der Waals surface area contributed by atoms with Crippen molar-refractivity contribution in [2.24, 2.45) is 0 Å². The first-order valence-electron chi connectivity index (χ1n) is 8.98. The number of nitrogens with one attached hydrogen (secondary N) is 1. The van der Waals surface area contributed by atoms with Crippen LogP contribution in [0.5, 0.6) is 0 Å². The molecule has 134 valence electrons. The van der Waals surface area contributed by atoms with Crippen molar-refractivity contribution in [3.8, 4) is 0 Å². The Balaban J connectivity index is 1.50. The van der Waals surface area contributed by atoms with E-state index in [1.165, 1.54) is 12.6 Å². The van der Waals surface area contributed by atoms with E-state index >= 15 is 0 Å². The molecule has 0 aliphatic carbocycles. The highest BCUT2D eigenvalue weighted by atomic mass is 16.5. The quantitative estimate of drug-likeness (QED) is 0.634. The zero-order valence-electron chi connectivity index (χ0n) is 15.0. The molecule has 2 aliphatic heterocycles. The van der Waals surface area contributed by atoms with E-state index in [9.17, 15) is 4.79 Å². The molecule has 1 N–H and O–H groups in total. The zero-order chi connectivity index (χ0) is 17.1. The van der Waals surface area contributed by atoms with E-state index in [0.29, 0.717) is 0 Å². The van der Waals surface area contributed by atoms with Crippen LogP contribution in [0.4, 0.5) is 11.8 Å². The highest BCUT2D eigenvalue weighted by Crippen LogP contribution is 2.30. The number of carbonyl (C=O) groups excluding carboxylic acids is 1. The minimum atomic E-state index is -0.188. The molecule has 1 aromatic rings. The van der Waals surface area contributed by atoms with Crippen molar-refractivity contribution in [1.29, 1.82) is 0 Å². The summed E-state index contributed by atoms with van der Waals surface area (Å²) >= 11 is 0. The molecule has 7 heteroatoms. The summed E-state index contributed by atoms with van der Waals surface area (Å²) in [6, 6.07) is 0. The van der Waals surface area contributed by atoms with Crippen LogP contribution in [0, 0.1) is 0 Å². The summed E-state index contributed by atoms with van der Waals surface area (Å²) in [7, 11) is 2.12. The van der Waals surface area contributed by atoms with Gasteiger partial charge in [0.05, 0.1) is 18.5 Å². The standard InChI is InChI=1S/C17H29N5O2/c1-13(24-14(2)23)7-4-5-9-21-11-15-16(20(3)12-21)19-17-18-8-6-10-22(15)17/h13H,4-12H2,1-3H3,(H,18,19)/t13-/m1/s1. The van der Waals surface area contributed by atoms with Gasteiger partial charge in [-0.05, 0) is 32.6 Å². The Morgan fingerprint density at radius 1 is 1.42 bits per heavy atom. The molecular weight excluding hydrogens is 306 g/mol. The van der Waals surface area contributed by atoms with Crippen molar-refractivity contribution < 1.29 is 9.53 Å². The lowest BCUT2D eigenvalue weighted by Gasteiger charge is -2.34. The van der Waals surface area contributed by atoms with Crippen LogP contribution < -0.4 is 10.2 Å². The van der Waals surface area contributed by atoms with E-state index in [2.05, 4.69) is 26.7 Å². The Kier molecular flexibility index (Phi) is 5.28. The molecule has 3 heterocycles. The summed E-state index contributed by atoms with van der Waals surface area (Å²) in [6.07, 6.45) is 4.31. The second-order valence-corrected chi connectivity index (χ2v) is 6.95. The van der Waals surface area contributed by atoms with Crippen LogP contribution in [0.2, 0.25) is 0 Å². The summed E-state index contributed by atoms with van der Waals surface area (Å²) in [5, 5.41) is 3.40. The fourth-order valence-electron chi connectivity index (χ4n) is 3.64. The fraction of sp³-hybridized carbons (Fsp3) is 0.765. The van der Waals surface area contributed by atoms with Gasteiger partial charge in [-0.15, -0.1) is 0 Å². The van der Waals surface area contributed by atoms with Gasteiger partial charge in [0.2, 0.25) is 5.95 Å². The van der Waals surface area contributed by atoms with Crippen molar-refractivity contribution in [3.63, 3.8) is 0 Å². The van der Waals surface area contributed by atoms with E-state index in [-0.39, 0.29) is 12.1 Å². The topological polar surface area (TPSA) is 62.6 Å². The third-order valence-corrected chi connectivity index (χ3v) is 4.74. The van der Waals surface area contributed by atoms with Crippen molar-refractivity contribution in [2.75, 3.05) is 37.0 Å². The summed E-state index contributed by atoms with van der Waals surface area (Å²) in [5.41, 5.74) is 1.33. The van der Waals surface area contributed by atoms with Crippen LogP contribution in [-0.2, 0) is 22.6 Å². The number of nitrogens with zero attached hydrogens (tertiary/aromatic N) is 4. The van der Waals surface area contributed by atoms with Crippen molar-refractivity contribution in [2.45, 2.75) is 58.7 Å². The van der Waals surface area contributed by atoms with E-state index < -0.39 is 0 Å². The molecule has 24 heavy (non-hydrogen) atoms. The Morgan fingerprint density at radius 3 is 3.04 bits per heavy atom. The molecule has 3 rings (SSSR count). The van der Waals surface area contributed by atoms with E-state index in [1.54, 1.807) is 0 Å².